The summed E-state index contributed by atoms with van der Waals surface area (Å²) in [4.78, 5) is 19.9. The highest BCUT2D eigenvalue weighted by atomic mass is 32.2. The first-order valence-corrected chi connectivity index (χ1v) is 8.53. The molecule has 0 bridgehead atoms. The number of hydrogen-bond acceptors (Lipinski definition) is 4. The van der Waals surface area contributed by atoms with Crippen LogP contribution in [0.25, 0.3) is 11.0 Å². The van der Waals surface area contributed by atoms with Gasteiger partial charge in [0, 0.05) is 12.0 Å². The van der Waals surface area contributed by atoms with Crippen LogP contribution < -0.4 is 4.74 Å². The summed E-state index contributed by atoms with van der Waals surface area (Å²) in [6.45, 7) is 2.62. The smallest absolute Gasteiger partial charge is 0.166 e. The number of carbonyl (C=O) groups excluding carboxylic acids is 1. The van der Waals surface area contributed by atoms with Gasteiger partial charge in [-0.05, 0) is 31.9 Å². The van der Waals surface area contributed by atoms with Crippen molar-refractivity contribution in [3.63, 3.8) is 0 Å². The van der Waals surface area contributed by atoms with E-state index >= 15 is 0 Å². The second-order valence-corrected chi connectivity index (χ2v) is 6.35. The Bertz CT molecular complexity index is 632. The van der Waals surface area contributed by atoms with Crippen molar-refractivity contribution >= 4 is 28.6 Å². The highest BCUT2D eigenvalue weighted by Crippen LogP contribution is 2.28. The molecule has 0 atom stereocenters. The van der Waals surface area contributed by atoms with Gasteiger partial charge in [0.15, 0.2) is 5.16 Å². The molecule has 112 valence electrons. The van der Waals surface area contributed by atoms with Crippen molar-refractivity contribution in [3.8, 4) is 5.75 Å². The van der Waals surface area contributed by atoms with Crippen LogP contribution in [0.15, 0.2) is 23.4 Å². The molecule has 0 aliphatic heterocycles. The lowest BCUT2D eigenvalue weighted by Crippen LogP contribution is -2.13. The lowest BCUT2D eigenvalue weighted by molar-refractivity contribution is -0.120. The van der Waals surface area contributed by atoms with Crippen molar-refractivity contribution in [1.82, 2.24) is 9.97 Å². The van der Waals surface area contributed by atoms with Crippen LogP contribution in [-0.4, -0.2) is 28.1 Å². The molecule has 2 aromatic rings. The van der Waals surface area contributed by atoms with Crippen molar-refractivity contribution in [3.05, 3.63) is 18.2 Å². The number of imidazole rings is 1. The van der Waals surface area contributed by atoms with Gasteiger partial charge in [-0.15, -0.1) is 0 Å². The summed E-state index contributed by atoms with van der Waals surface area (Å²) in [6.07, 6.45) is 4.53. The van der Waals surface area contributed by atoms with Crippen molar-refractivity contribution < 1.29 is 9.53 Å². The molecular formula is C16H20N2O2S. The van der Waals surface area contributed by atoms with Crippen molar-refractivity contribution in [1.29, 1.82) is 0 Å². The molecule has 4 nitrogen and oxygen atoms in total. The van der Waals surface area contributed by atoms with Gasteiger partial charge >= 0.3 is 0 Å². The molecule has 1 heterocycles. The molecule has 1 aliphatic carbocycles. The molecule has 0 saturated heterocycles. The van der Waals surface area contributed by atoms with Gasteiger partial charge < -0.3 is 9.72 Å². The zero-order valence-electron chi connectivity index (χ0n) is 12.2. The summed E-state index contributed by atoms with van der Waals surface area (Å²) in [5, 5.41) is 0.810. The Morgan fingerprint density at radius 2 is 2.24 bits per heavy atom. The normalized spacial score (nSPS) is 15.7. The quantitative estimate of drug-likeness (QED) is 0.824. The topological polar surface area (TPSA) is 55.0 Å². The van der Waals surface area contributed by atoms with Gasteiger partial charge in [-0.1, -0.05) is 24.6 Å². The third-order valence-corrected chi connectivity index (χ3v) is 4.80. The first-order chi connectivity index (χ1) is 10.3. The summed E-state index contributed by atoms with van der Waals surface area (Å²) in [7, 11) is 0. The Kier molecular flexibility index (Phi) is 4.48. The van der Waals surface area contributed by atoms with E-state index in [4.69, 9.17) is 4.74 Å². The van der Waals surface area contributed by atoms with E-state index in [0.717, 1.165) is 34.8 Å². The van der Waals surface area contributed by atoms with Crippen LogP contribution in [0, 0.1) is 5.92 Å². The summed E-state index contributed by atoms with van der Waals surface area (Å²) >= 11 is 1.50. The number of hydrogen-bond donors (Lipinski definition) is 1. The number of carbonyl (C=O) groups is 1. The van der Waals surface area contributed by atoms with E-state index in [1.54, 1.807) is 0 Å². The molecule has 1 fully saturated rings. The Morgan fingerprint density at radius 3 is 3.00 bits per heavy atom. The number of ether oxygens (including phenoxy) is 1. The average Bonchev–Trinajstić information content (AvgIpc) is 3.13. The standard InChI is InChI=1S/C16H20N2O2S/c1-2-20-12-7-8-13-14(9-12)18-16(17-13)21-10-15(19)11-5-3-4-6-11/h7-9,11H,2-6,10H2,1H3,(H,17,18). The fraction of sp³-hybridized carbons (Fsp3) is 0.500. The van der Waals surface area contributed by atoms with Crippen LogP contribution >= 0.6 is 11.8 Å². The number of benzene rings is 1. The number of nitrogens with one attached hydrogen (secondary N) is 1. The Hall–Kier alpha value is -1.49. The number of Topliss-reactive ketones (excluding diaryl/α,β-unsaturated/α-hetero) is 1. The third kappa shape index (κ3) is 3.40. The molecule has 0 radical (unpaired) electrons. The maximum Gasteiger partial charge on any atom is 0.166 e. The first kappa shape index (κ1) is 14.4. The predicted octanol–water partition coefficient (Wildman–Crippen LogP) is 3.81. The molecule has 1 aromatic heterocycles. The summed E-state index contributed by atoms with van der Waals surface area (Å²) < 4.78 is 5.48. The van der Waals surface area contributed by atoms with E-state index in [1.165, 1.54) is 24.6 Å². The van der Waals surface area contributed by atoms with Gasteiger partial charge in [0.1, 0.15) is 11.5 Å². The maximum atomic E-state index is 12.1. The zero-order chi connectivity index (χ0) is 14.7. The SMILES string of the molecule is CCOc1ccc2nc(SCC(=O)C3CCCC3)[nH]c2c1. The molecule has 1 saturated carbocycles. The molecule has 0 amide bonds. The second kappa shape index (κ2) is 6.52. The highest BCUT2D eigenvalue weighted by molar-refractivity contribution is 7.99. The number of nitrogens with zero attached hydrogens (tertiary/aromatic N) is 1. The second-order valence-electron chi connectivity index (χ2n) is 5.39. The van der Waals surface area contributed by atoms with Crippen molar-refractivity contribution in [2.45, 2.75) is 37.8 Å². The minimum atomic E-state index is 0.284. The molecule has 0 spiro atoms. The Morgan fingerprint density at radius 1 is 1.43 bits per heavy atom. The van der Waals surface area contributed by atoms with Crippen LogP contribution in [0.4, 0.5) is 0 Å². The number of H-pyrrole nitrogens is 1. The van der Waals surface area contributed by atoms with Crippen LogP contribution in [0.3, 0.4) is 0 Å². The third-order valence-electron chi connectivity index (χ3n) is 3.90. The fourth-order valence-corrected chi connectivity index (χ4v) is 3.65. The zero-order valence-corrected chi connectivity index (χ0v) is 13.0. The number of rotatable bonds is 6. The van der Waals surface area contributed by atoms with Gasteiger partial charge in [0.25, 0.3) is 0 Å². The highest BCUT2D eigenvalue weighted by Gasteiger charge is 2.22. The fourth-order valence-electron chi connectivity index (χ4n) is 2.80. The van der Waals surface area contributed by atoms with E-state index < -0.39 is 0 Å². The van der Waals surface area contributed by atoms with Gasteiger partial charge in [-0.2, -0.15) is 0 Å². The molecule has 1 aromatic carbocycles. The largest absolute Gasteiger partial charge is 0.494 e. The lowest BCUT2D eigenvalue weighted by Gasteiger charge is -2.05. The summed E-state index contributed by atoms with van der Waals surface area (Å²) in [5.74, 6) is 2.01. The summed E-state index contributed by atoms with van der Waals surface area (Å²) in [5.41, 5.74) is 1.87. The molecule has 1 N–H and O–H groups in total. The van der Waals surface area contributed by atoms with E-state index in [2.05, 4.69) is 9.97 Å². The van der Waals surface area contributed by atoms with Crippen molar-refractivity contribution in [2.75, 3.05) is 12.4 Å². The van der Waals surface area contributed by atoms with E-state index in [9.17, 15) is 4.79 Å². The van der Waals surface area contributed by atoms with Gasteiger partial charge in [0.2, 0.25) is 0 Å². The first-order valence-electron chi connectivity index (χ1n) is 7.54. The number of thioether (sulfide) groups is 1. The van der Waals surface area contributed by atoms with Crippen LogP contribution in [0.5, 0.6) is 5.75 Å². The van der Waals surface area contributed by atoms with E-state index in [0.29, 0.717) is 18.1 Å². The van der Waals surface area contributed by atoms with E-state index in [-0.39, 0.29) is 5.92 Å². The monoisotopic (exact) mass is 304 g/mol. The van der Waals surface area contributed by atoms with Gasteiger partial charge in [-0.3, -0.25) is 4.79 Å². The minimum Gasteiger partial charge on any atom is -0.494 e. The van der Waals surface area contributed by atoms with Crippen LogP contribution in [0.2, 0.25) is 0 Å². The van der Waals surface area contributed by atoms with E-state index in [1.807, 2.05) is 25.1 Å². The predicted molar refractivity (Wildman–Crippen MR) is 85.0 cm³/mol. The molecule has 21 heavy (non-hydrogen) atoms. The molecule has 1 aliphatic rings. The van der Waals surface area contributed by atoms with Crippen LogP contribution in [0.1, 0.15) is 32.6 Å². The Labute approximate surface area is 128 Å². The Balaban J connectivity index is 1.65. The molecular weight excluding hydrogens is 284 g/mol. The number of aromatic nitrogens is 2. The molecule has 0 unspecified atom stereocenters. The van der Waals surface area contributed by atoms with Gasteiger partial charge in [-0.25, -0.2) is 4.98 Å². The molecule has 3 rings (SSSR count). The number of aromatic amines is 1. The average molecular weight is 304 g/mol. The molecule has 5 heteroatoms. The van der Waals surface area contributed by atoms with Gasteiger partial charge in [0.05, 0.1) is 23.4 Å². The maximum absolute atomic E-state index is 12.1. The summed E-state index contributed by atoms with van der Waals surface area (Å²) in [6, 6.07) is 5.82. The number of fused-ring (bicyclic) bond motifs is 1. The number of ketones is 1. The minimum absolute atomic E-state index is 0.284. The van der Waals surface area contributed by atoms with Crippen LogP contribution in [-0.2, 0) is 4.79 Å². The lowest BCUT2D eigenvalue weighted by atomic mass is 10.0. The van der Waals surface area contributed by atoms with Crippen molar-refractivity contribution in [2.24, 2.45) is 5.92 Å².